The molecule has 0 heterocycles. The van der Waals surface area contributed by atoms with E-state index in [0.717, 1.165) is 25.7 Å². The second-order valence-corrected chi connectivity index (χ2v) is 10.1. The Bertz CT molecular complexity index is 503. The van der Waals surface area contributed by atoms with Crippen LogP contribution in [0.4, 0.5) is 0 Å². The average molecular weight is 489 g/mol. The summed E-state index contributed by atoms with van der Waals surface area (Å²) >= 11 is 0. The van der Waals surface area contributed by atoms with E-state index in [9.17, 15) is 4.79 Å². The van der Waals surface area contributed by atoms with E-state index in [1.165, 1.54) is 116 Å². The predicted molar refractivity (Wildman–Crippen MR) is 156 cm³/mol. The molecule has 0 aliphatic rings. The topological polar surface area (TPSA) is 26.3 Å². The molecule has 0 N–H and O–H groups in total. The molecule has 0 fully saturated rings. The molecule has 0 aromatic carbocycles. The Morgan fingerprint density at radius 3 is 1.54 bits per heavy atom. The monoisotopic (exact) mass is 488 g/mol. The summed E-state index contributed by atoms with van der Waals surface area (Å²) in [5, 5.41) is 0. The normalized spacial score (nSPS) is 11.9. The van der Waals surface area contributed by atoms with Gasteiger partial charge in [0.2, 0.25) is 0 Å². The van der Waals surface area contributed by atoms with E-state index in [1.807, 2.05) is 0 Å². The first kappa shape index (κ1) is 33.7. The second kappa shape index (κ2) is 30.7. The van der Waals surface area contributed by atoms with Gasteiger partial charge in [0.15, 0.2) is 0 Å². The van der Waals surface area contributed by atoms with E-state index in [4.69, 9.17) is 4.74 Å². The van der Waals surface area contributed by atoms with Gasteiger partial charge in [-0.2, -0.15) is 0 Å². The van der Waals surface area contributed by atoms with Crippen molar-refractivity contribution in [2.75, 3.05) is 6.61 Å². The van der Waals surface area contributed by atoms with Crippen LogP contribution >= 0.6 is 0 Å². The van der Waals surface area contributed by atoms with Crippen molar-refractivity contribution in [2.45, 2.75) is 162 Å². The number of carbonyl (C=O) groups excluding carboxylic acids is 1. The first-order valence-corrected chi connectivity index (χ1v) is 15.4. The van der Waals surface area contributed by atoms with Gasteiger partial charge in [0.05, 0.1) is 6.61 Å². The number of esters is 1. The Labute approximate surface area is 220 Å². The molecule has 35 heavy (non-hydrogen) atoms. The lowest BCUT2D eigenvalue weighted by Gasteiger charge is -2.05. The average Bonchev–Trinajstić information content (AvgIpc) is 2.86. The highest BCUT2D eigenvalue weighted by Crippen LogP contribution is 2.12. The molecule has 0 spiro atoms. The summed E-state index contributed by atoms with van der Waals surface area (Å²) in [7, 11) is 0. The zero-order chi connectivity index (χ0) is 25.5. The SMILES string of the molecule is C/C=C\C/C=C\CCCCCCCCCC(=O)OCCCCCCCCC/C=C/CCCCCC. The van der Waals surface area contributed by atoms with Crippen LogP contribution in [-0.2, 0) is 9.53 Å². The molecular weight excluding hydrogens is 428 g/mol. The zero-order valence-electron chi connectivity index (χ0n) is 23.8. The maximum Gasteiger partial charge on any atom is 0.305 e. The Morgan fingerprint density at radius 2 is 1.00 bits per heavy atom. The molecule has 2 nitrogen and oxygen atoms in total. The van der Waals surface area contributed by atoms with Gasteiger partial charge in [-0.1, -0.05) is 127 Å². The Hall–Kier alpha value is -1.31. The van der Waals surface area contributed by atoms with E-state index in [0.29, 0.717) is 13.0 Å². The number of carbonyl (C=O) groups is 1. The van der Waals surface area contributed by atoms with Crippen molar-refractivity contribution >= 4 is 5.97 Å². The zero-order valence-corrected chi connectivity index (χ0v) is 23.8. The van der Waals surface area contributed by atoms with E-state index in [2.05, 4.69) is 50.3 Å². The summed E-state index contributed by atoms with van der Waals surface area (Å²) in [5.74, 6) is 0.00752. The molecule has 0 aliphatic heterocycles. The summed E-state index contributed by atoms with van der Waals surface area (Å²) in [6, 6.07) is 0. The fraction of sp³-hybridized carbons (Fsp3) is 0.788. The van der Waals surface area contributed by atoms with Crippen LogP contribution in [0.25, 0.3) is 0 Å². The summed E-state index contributed by atoms with van der Waals surface area (Å²) in [6.45, 7) is 4.95. The number of allylic oxidation sites excluding steroid dienone is 6. The molecule has 204 valence electrons. The highest BCUT2D eigenvalue weighted by molar-refractivity contribution is 5.69. The highest BCUT2D eigenvalue weighted by atomic mass is 16.5. The van der Waals surface area contributed by atoms with E-state index < -0.39 is 0 Å². The van der Waals surface area contributed by atoms with Crippen LogP contribution in [-0.4, -0.2) is 12.6 Å². The number of hydrogen-bond donors (Lipinski definition) is 0. The maximum absolute atomic E-state index is 11.9. The van der Waals surface area contributed by atoms with Crippen LogP contribution in [0.5, 0.6) is 0 Å². The summed E-state index contributed by atoms with van der Waals surface area (Å²) in [6.07, 6.45) is 41.9. The number of hydrogen-bond acceptors (Lipinski definition) is 2. The molecule has 0 rings (SSSR count). The van der Waals surface area contributed by atoms with Gasteiger partial charge < -0.3 is 4.74 Å². The molecule has 0 bridgehead atoms. The van der Waals surface area contributed by atoms with Crippen LogP contribution < -0.4 is 0 Å². The number of ether oxygens (including phenoxy) is 1. The van der Waals surface area contributed by atoms with Crippen LogP contribution in [0, 0.1) is 0 Å². The lowest BCUT2D eigenvalue weighted by Crippen LogP contribution is -2.05. The third kappa shape index (κ3) is 30.7. The van der Waals surface area contributed by atoms with Crippen molar-refractivity contribution in [1.82, 2.24) is 0 Å². The quantitative estimate of drug-likeness (QED) is 0.0652. The lowest BCUT2D eigenvalue weighted by molar-refractivity contribution is -0.143. The summed E-state index contributed by atoms with van der Waals surface area (Å²) in [5.41, 5.74) is 0. The molecule has 0 amide bonds. The summed E-state index contributed by atoms with van der Waals surface area (Å²) < 4.78 is 5.41. The maximum atomic E-state index is 11.9. The fourth-order valence-electron chi connectivity index (χ4n) is 4.28. The Kier molecular flexibility index (Phi) is 29.6. The summed E-state index contributed by atoms with van der Waals surface area (Å²) in [4.78, 5) is 11.9. The van der Waals surface area contributed by atoms with Gasteiger partial charge in [0.25, 0.3) is 0 Å². The first-order valence-electron chi connectivity index (χ1n) is 15.4. The second-order valence-electron chi connectivity index (χ2n) is 10.1. The molecule has 0 saturated heterocycles. The molecule has 0 atom stereocenters. The van der Waals surface area contributed by atoms with E-state index in [1.54, 1.807) is 0 Å². The minimum Gasteiger partial charge on any atom is -0.466 e. The molecule has 0 aromatic heterocycles. The smallest absolute Gasteiger partial charge is 0.305 e. The number of unbranched alkanes of at least 4 members (excludes halogenated alkanes) is 18. The minimum atomic E-state index is 0.00752. The van der Waals surface area contributed by atoms with Crippen LogP contribution in [0.2, 0.25) is 0 Å². The van der Waals surface area contributed by atoms with Crippen molar-refractivity contribution in [1.29, 1.82) is 0 Å². The van der Waals surface area contributed by atoms with Gasteiger partial charge in [-0.3, -0.25) is 4.79 Å². The molecule has 0 aliphatic carbocycles. The van der Waals surface area contributed by atoms with Crippen molar-refractivity contribution < 1.29 is 9.53 Å². The minimum absolute atomic E-state index is 0.00752. The first-order chi connectivity index (χ1) is 17.3. The lowest BCUT2D eigenvalue weighted by atomic mass is 10.1. The van der Waals surface area contributed by atoms with Crippen molar-refractivity contribution in [3.8, 4) is 0 Å². The van der Waals surface area contributed by atoms with Gasteiger partial charge in [0.1, 0.15) is 0 Å². The largest absolute Gasteiger partial charge is 0.466 e. The molecule has 0 saturated carbocycles. The van der Waals surface area contributed by atoms with Gasteiger partial charge in [-0.15, -0.1) is 0 Å². The Morgan fingerprint density at radius 1 is 0.543 bits per heavy atom. The standard InChI is InChI=1S/C33H60O2/c1-3-5-7-9-11-13-15-17-18-20-22-24-26-28-30-32-35-33(34)31-29-27-25-23-21-19-16-14-12-10-8-6-4-2/h4,6,10,12-13,15H,3,5,7-9,11,14,16-32H2,1-2H3/b6-4-,12-10-,15-13+. The number of rotatable bonds is 27. The molecule has 0 unspecified atom stereocenters. The van der Waals surface area contributed by atoms with Crippen LogP contribution in [0.3, 0.4) is 0 Å². The molecule has 0 aromatic rings. The highest BCUT2D eigenvalue weighted by Gasteiger charge is 2.02. The molecular formula is C33H60O2. The third-order valence-electron chi connectivity index (χ3n) is 6.60. The molecule has 2 heteroatoms. The van der Waals surface area contributed by atoms with Gasteiger partial charge >= 0.3 is 5.97 Å². The fourth-order valence-corrected chi connectivity index (χ4v) is 4.28. The predicted octanol–water partition coefficient (Wildman–Crippen LogP) is 11.2. The van der Waals surface area contributed by atoms with Crippen LogP contribution in [0.1, 0.15) is 162 Å². The third-order valence-corrected chi connectivity index (χ3v) is 6.60. The van der Waals surface area contributed by atoms with Gasteiger partial charge in [-0.05, 0) is 64.7 Å². The van der Waals surface area contributed by atoms with E-state index in [-0.39, 0.29) is 5.97 Å². The Balaban J connectivity index is 3.22. The van der Waals surface area contributed by atoms with Crippen LogP contribution in [0.15, 0.2) is 36.5 Å². The van der Waals surface area contributed by atoms with Crippen molar-refractivity contribution in [2.24, 2.45) is 0 Å². The molecule has 0 radical (unpaired) electrons. The van der Waals surface area contributed by atoms with Crippen molar-refractivity contribution in [3.63, 3.8) is 0 Å². The van der Waals surface area contributed by atoms with Gasteiger partial charge in [-0.25, -0.2) is 0 Å². The van der Waals surface area contributed by atoms with Gasteiger partial charge in [0, 0.05) is 6.42 Å². The van der Waals surface area contributed by atoms with Crippen molar-refractivity contribution in [3.05, 3.63) is 36.5 Å². The van der Waals surface area contributed by atoms with E-state index >= 15 is 0 Å².